The van der Waals surface area contributed by atoms with Gasteiger partial charge in [0.15, 0.2) is 0 Å². The van der Waals surface area contributed by atoms with E-state index in [0.29, 0.717) is 0 Å². The summed E-state index contributed by atoms with van der Waals surface area (Å²) >= 11 is -0.575. The maximum atomic E-state index is 3.44. The van der Waals surface area contributed by atoms with Crippen molar-refractivity contribution in [1.29, 1.82) is 0 Å². The number of rotatable bonds is 8. The van der Waals surface area contributed by atoms with Crippen LogP contribution in [0, 0.1) is 5.92 Å². The van der Waals surface area contributed by atoms with Crippen LogP contribution in [0.3, 0.4) is 0 Å². The van der Waals surface area contributed by atoms with Crippen LogP contribution in [0.15, 0.2) is 0 Å². The van der Waals surface area contributed by atoms with E-state index in [0.717, 1.165) is 16.4 Å². The van der Waals surface area contributed by atoms with E-state index in [2.05, 4.69) is 39.9 Å². The molecule has 0 aliphatic carbocycles. The summed E-state index contributed by atoms with van der Waals surface area (Å²) in [5.41, 5.74) is 0. The van der Waals surface area contributed by atoms with Gasteiger partial charge in [-0.25, -0.2) is 0 Å². The fourth-order valence-corrected chi connectivity index (χ4v) is 7.11. The van der Waals surface area contributed by atoms with Gasteiger partial charge >= 0.3 is 98.0 Å². The maximum absolute atomic E-state index is 3.44. The second-order valence-corrected chi connectivity index (χ2v) is 12.1. The van der Waals surface area contributed by atoms with Gasteiger partial charge in [0.1, 0.15) is 0 Å². The predicted octanol–water partition coefficient (Wildman–Crippen LogP) is 3.56. The Bertz CT molecular complexity index is 125. The van der Waals surface area contributed by atoms with Gasteiger partial charge < -0.3 is 0 Å². The zero-order chi connectivity index (χ0) is 11.0. The van der Waals surface area contributed by atoms with Crippen molar-refractivity contribution in [3.05, 3.63) is 0 Å². The van der Waals surface area contributed by atoms with Crippen molar-refractivity contribution in [3.8, 4) is 0 Å². The summed E-state index contributed by atoms with van der Waals surface area (Å²) in [6.45, 7) is 14.1. The van der Waals surface area contributed by atoms with Gasteiger partial charge in [0.2, 0.25) is 0 Å². The number of hydrogen-bond acceptors (Lipinski definition) is 1. The van der Waals surface area contributed by atoms with Crippen LogP contribution in [0.1, 0.15) is 41.0 Å². The van der Waals surface area contributed by atoms with Crippen LogP contribution in [0.4, 0.5) is 0 Å². The molecule has 0 spiro atoms. The third kappa shape index (κ3) is 7.04. The van der Waals surface area contributed by atoms with Gasteiger partial charge in [0, 0.05) is 0 Å². The second kappa shape index (κ2) is 8.96. The summed E-state index contributed by atoms with van der Waals surface area (Å²) in [5.74, 6) is 0.875. The van der Waals surface area contributed by atoms with Crippen LogP contribution in [0.25, 0.3) is 0 Å². The monoisotopic (exact) mass is 313 g/mol. The molecule has 1 atom stereocenters. The molecule has 0 amide bonds. The topological polar surface area (TPSA) is 12.0 Å². The summed E-state index contributed by atoms with van der Waals surface area (Å²) in [5, 5.41) is 3.44. The fourth-order valence-electron chi connectivity index (χ4n) is 1.48. The van der Waals surface area contributed by atoms with Crippen molar-refractivity contribution < 1.29 is 0 Å². The molecule has 1 nitrogen and oxygen atoms in total. The zero-order valence-electron chi connectivity index (χ0n) is 10.6. The fraction of sp³-hybridized carbons (Fsp3) is 1.00. The van der Waals surface area contributed by atoms with Crippen LogP contribution in [0.5, 0.6) is 0 Å². The molecule has 1 N–H and O–H groups in total. The van der Waals surface area contributed by atoms with Gasteiger partial charge in [-0.3, -0.25) is 0 Å². The third-order valence-electron chi connectivity index (χ3n) is 2.55. The molecule has 14 heavy (non-hydrogen) atoms. The van der Waals surface area contributed by atoms with Crippen LogP contribution >= 0.6 is 19.8 Å². The summed E-state index contributed by atoms with van der Waals surface area (Å²) in [7, 11) is 0. The first-order valence-electron chi connectivity index (χ1n) is 5.92. The van der Waals surface area contributed by atoms with E-state index in [4.69, 9.17) is 0 Å². The average molecular weight is 313 g/mol. The number of alkyl halides is 3. The molecule has 0 aliphatic rings. The van der Waals surface area contributed by atoms with Crippen molar-refractivity contribution >= 4 is 19.8 Å². The van der Waals surface area contributed by atoms with Gasteiger partial charge in [-0.05, 0) is 0 Å². The van der Waals surface area contributed by atoms with Crippen LogP contribution in [-0.4, -0.2) is 25.9 Å². The van der Waals surface area contributed by atoms with Crippen molar-refractivity contribution in [3.63, 3.8) is 0 Å². The molecule has 0 saturated heterocycles. The normalized spacial score (nSPS) is 14.6. The molecule has 1 unspecified atom stereocenters. The van der Waals surface area contributed by atoms with Crippen molar-refractivity contribution in [1.82, 2.24) is 5.32 Å². The Balaban J connectivity index is 3.57. The van der Waals surface area contributed by atoms with E-state index in [1.807, 2.05) is 0 Å². The number of halogens is 1. The number of nitrogens with one attached hydrogen (secondary N) is 1. The molecular formula is C12H28IN. The first-order chi connectivity index (χ1) is 6.61. The molecular weight excluding hydrogens is 285 g/mol. The van der Waals surface area contributed by atoms with Gasteiger partial charge in [0.25, 0.3) is 0 Å². The Morgan fingerprint density at radius 1 is 1.14 bits per heavy atom. The first kappa shape index (κ1) is 14.7. The quantitative estimate of drug-likeness (QED) is 0.534. The number of hydrogen-bond donors (Lipinski definition) is 1. The van der Waals surface area contributed by atoms with Gasteiger partial charge in [-0.15, -0.1) is 0 Å². The Labute approximate surface area is 97.8 Å². The zero-order valence-corrected chi connectivity index (χ0v) is 12.7. The molecule has 0 radical (unpaired) electrons. The molecule has 0 aromatic heterocycles. The molecule has 0 bridgehead atoms. The van der Waals surface area contributed by atoms with Gasteiger partial charge in [-0.2, -0.15) is 0 Å². The molecule has 0 saturated carbocycles. The minimum atomic E-state index is -0.575. The molecule has 0 rings (SSSR count). The van der Waals surface area contributed by atoms with Crippen LogP contribution < -0.4 is 5.32 Å². The van der Waals surface area contributed by atoms with Crippen LogP contribution in [0.2, 0.25) is 0 Å². The predicted molar refractivity (Wildman–Crippen MR) is 76.9 cm³/mol. The van der Waals surface area contributed by atoms with Gasteiger partial charge in [0.05, 0.1) is 0 Å². The molecule has 0 aromatic rings. The third-order valence-corrected chi connectivity index (χ3v) is 10.0. The molecule has 88 valence electrons. The standard InChI is InChI=1S/C12H28IN/c1-6-13(11(3)4)9-8-12(5)10-14-7-2/h11-12,14H,6-10H2,1-5H3. The molecule has 0 aromatic carbocycles. The Hall–Kier alpha value is 0.690. The summed E-state index contributed by atoms with van der Waals surface area (Å²) in [6, 6.07) is 0. The molecule has 2 heteroatoms. The molecule has 0 aliphatic heterocycles. The summed E-state index contributed by atoms with van der Waals surface area (Å²) < 4.78 is 4.07. The van der Waals surface area contributed by atoms with Crippen molar-refractivity contribution in [2.75, 3.05) is 21.9 Å². The minimum absolute atomic E-state index is 0.575. The van der Waals surface area contributed by atoms with E-state index < -0.39 is 19.8 Å². The Kier molecular flexibility index (Phi) is 9.40. The van der Waals surface area contributed by atoms with E-state index in [9.17, 15) is 0 Å². The van der Waals surface area contributed by atoms with E-state index in [-0.39, 0.29) is 0 Å². The van der Waals surface area contributed by atoms with Gasteiger partial charge in [-0.1, -0.05) is 0 Å². The average Bonchev–Trinajstić information content (AvgIpc) is 2.15. The van der Waals surface area contributed by atoms with Crippen molar-refractivity contribution in [2.24, 2.45) is 5.92 Å². The SMILES string of the molecule is CCNCC(C)CCI(CC)C(C)C. The second-order valence-electron chi connectivity index (χ2n) is 4.17. The van der Waals surface area contributed by atoms with E-state index in [1.54, 1.807) is 4.43 Å². The summed E-state index contributed by atoms with van der Waals surface area (Å²) in [4.78, 5) is 0. The van der Waals surface area contributed by atoms with E-state index in [1.165, 1.54) is 17.4 Å². The first-order valence-corrected chi connectivity index (χ1v) is 10.2. The Morgan fingerprint density at radius 3 is 2.21 bits per heavy atom. The molecule has 0 heterocycles. The Morgan fingerprint density at radius 2 is 1.79 bits per heavy atom. The molecule has 0 fully saturated rings. The van der Waals surface area contributed by atoms with E-state index >= 15 is 0 Å². The summed E-state index contributed by atoms with van der Waals surface area (Å²) in [6.07, 6.45) is 1.45. The van der Waals surface area contributed by atoms with Crippen LogP contribution in [-0.2, 0) is 0 Å². The van der Waals surface area contributed by atoms with Crippen molar-refractivity contribution in [2.45, 2.75) is 45.0 Å².